The first-order valence-corrected chi connectivity index (χ1v) is 10.3. The molecule has 5 nitrogen and oxygen atoms in total. The fourth-order valence-electron chi connectivity index (χ4n) is 4.15. The van der Waals surface area contributed by atoms with Crippen LogP contribution in [0.2, 0.25) is 0 Å². The molecule has 0 atom stereocenters. The molecular weight excluding hydrogens is 390 g/mol. The van der Waals surface area contributed by atoms with E-state index in [0.29, 0.717) is 11.5 Å². The Labute approximate surface area is 182 Å². The van der Waals surface area contributed by atoms with Crippen molar-refractivity contribution < 1.29 is 19.7 Å². The Hall–Kier alpha value is -3.44. The van der Waals surface area contributed by atoms with Crippen LogP contribution in [0.3, 0.4) is 0 Å². The van der Waals surface area contributed by atoms with Gasteiger partial charge in [-0.3, -0.25) is 0 Å². The van der Waals surface area contributed by atoms with Crippen molar-refractivity contribution in [3.05, 3.63) is 71.8 Å². The van der Waals surface area contributed by atoms with Gasteiger partial charge in [0, 0.05) is 18.5 Å². The zero-order chi connectivity index (χ0) is 22.0. The lowest BCUT2D eigenvalue weighted by atomic mass is 9.95. The highest BCUT2D eigenvalue weighted by Crippen LogP contribution is 2.43. The SMILES string of the molecule is COc1cc2c(ccc3c(CCN(C)Cc4ccccc4)cc(O)c(OC)c32)cc1O. The van der Waals surface area contributed by atoms with Crippen molar-refractivity contribution in [2.75, 3.05) is 27.8 Å². The fourth-order valence-corrected chi connectivity index (χ4v) is 4.15. The van der Waals surface area contributed by atoms with Crippen molar-refractivity contribution in [2.24, 2.45) is 0 Å². The Morgan fingerprint density at radius 1 is 0.839 bits per heavy atom. The first-order valence-electron chi connectivity index (χ1n) is 10.3. The Morgan fingerprint density at radius 3 is 2.32 bits per heavy atom. The second-order valence-electron chi connectivity index (χ2n) is 7.79. The number of fused-ring (bicyclic) bond motifs is 3. The van der Waals surface area contributed by atoms with Crippen LogP contribution in [0.4, 0.5) is 0 Å². The third kappa shape index (κ3) is 4.09. The quantitative estimate of drug-likeness (QED) is 0.410. The molecule has 4 aromatic rings. The molecule has 4 aromatic carbocycles. The molecule has 0 unspecified atom stereocenters. The van der Waals surface area contributed by atoms with Crippen molar-refractivity contribution in [3.63, 3.8) is 0 Å². The molecule has 0 bridgehead atoms. The predicted molar refractivity (Wildman–Crippen MR) is 124 cm³/mol. The number of hydrogen-bond acceptors (Lipinski definition) is 5. The minimum absolute atomic E-state index is 0.0798. The third-order valence-electron chi connectivity index (χ3n) is 5.70. The highest BCUT2D eigenvalue weighted by atomic mass is 16.5. The minimum Gasteiger partial charge on any atom is -0.504 e. The molecule has 0 aromatic heterocycles. The predicted octanol–water partition coefficient (Wildman–Crippen LogP) is 5.10. The number of phenolic OH excluding ortho intramolecular Hbond substituents is 2. The van der Waals surface area contributed by atoms with Gasteiger partial charge in [-0.25, -0.2) is 0 Å². The van der Waals surface area contributed by atoms with E-state index in [9.17, 15) is 10.2 Å². The zero-order valence-corrected chi connectivity index (χ0v) is 18.1. The van der Waals surface area contributed by atoms with Gasteiger partial charge in [0.2, 0.25) is 0 Å². The van der Waals surface area contributed by atoms with Gasteiger partial charge in [-0.05, 0) is 59.0 Å². The number of hydrogen-bond donors (Lipinski definition) is 2. The Balaban J connectivity index is 1.75. The summed E-state index contributed by atoms with van der Waals surface area (Å²) in [5.41, 5.74) is 2.31. The maximum Gasteiger partial charge on any atom is 0.168 e. The molecule has 31 heavy (non-hydrogen) atoms. The molecule has 0 spiro atoms. The number of benzene rings is 4. The Morgan fingerprint density at radius 2 is 1.61 bits per heavy atom. The largest absolute Gasteiger partial charge is 0.504 e. The van der Waals surface area contributed by atoms with Crippen LogP contribution in [0.15, 0.2) is 60.7 Å². The second kappa shape index (κ2) is 8.74. The highest BCUT2D eigenvalue weighted by molar-refractivity contribution is 6.13. The molecule has 0 aliphatic rings. The van der Waals surface area contributed by atoms with Gasteiger partial charge in [-0.1, -0.05) is 42.5 Å². The molecule has 0 aliphatic heterocycles. The van der Waals surface area contributed by atoms with E-state index in [1.807, 2.05) is 18.2 Å². The molecular formula is C26H27NO4. The van der Waals surface area contributed by atoms with Crippen LogP contribution in [0.25, 0.3) is 21.5 Å². The number of aromatic hydroxyl groups is 2. The number of nitrogens with zero attached hydrogens (tertiary/aromatic N) is 1. The van der Waals surface area contributed by atoms with Crippen LogP contribution in [0.5, 0.6) is 23.0 Å². The molecule has 160 valence electrons. The van der Waals surface area contributed by atoms with E-state index in [1.165, 1.54) is 12.7 Å². The van der Waals surface area contributed by atoms with Crippen LogP contribution in [-0.2, 0) is 13.0 Å². The second-order valence-corrected chi connectivity index (χ2v) is 7.79. The summed E-state index contributed by atoms with van der Waals surface area (Å²) < 4.78 is 10.9. The van der Waals surface area contributed by atoms with Crippen molar-refractivity contribution >= 4 is 21.5 Å². The average Bonchev–Trinajstić information content (AvgIpc) is 2.77. The molecule has 0 saturated heterocycles. The van der Waals surface area contributed by atoms with E-state index < -0.39 is 0 Å². The maximum atomic E-state index is 10.7. The van der Waals surface area contributed by atoms with Crippen LogP contribution in [0, 0.1) is 0 Å². The van der Waals surface area contributed by atoms with Gasteiger partial charge >= 0.3 is 0 Å². The molecule has 5 heteroatoms. The average molecular weight is 418 g/mol. The smallest absolute Gasteiger partial charge is 0.168 e. The maximum absolute atomic E-state index is 10.7. The number of methoxy groups -OCH3 is 2. The standard InChI is InChI=1S/C26H27NO4/c1-27(16-17-7-5-4-6-8-17)12-11-19-14-23(29)26(31-3)25-20(19)10-9-18-13-22(28)24(30-2)15-21(18)25/h4-10,13-15,28-29H,11-12,16H2,1-3H3. The summed E-state index contributed by atoms with van der Waals surface area (Å²) in [6.07, 6.45) is 0.776. The van der Waals surface area contributed by atoms with Crippen molar-refractivity contribution in [3.8, 4) is 23.0 Å². The van der Waals surface area contributed by atoms with E-state index in [0.717, 1.165) is 46.6 Å². The number of ether oxygens (including phenoxy) is 2. The summed E-state index contributed by atoms with van der Waals surface area (Å²) in [7, 11) is 5.18. The zero-order valence-electron chi connectivity index (χ0n) is 18.1. The first kappa shape index (κ1) is 20.8. The minimum atomic E-state index is 0.0798. The highest BCUT2D eigenvalue weighted by Gasteiger charge is 2.17. The molecule has 2 N–H and O–H groups in total. The van der Waals surface area contributed by atoms with E-state index in [-0.39, 0.29) is 11.5 Å². The summed E-state index contributed by atoms with van der Waals surface area (Å²) >= 11 is 0. The van der Waals surface area contributed by atoms with Crippen molar-refractivity contribution in [1.29, 1.82) is 0 Å². The molecule has 4 rings (SSSR count). The van der Waals surface area contributed by atoms with Gasteiger partial charge < -0.3 is 24.6 Å². The van der Waals surface area contributed by atoms with E-state index in [4.69, 9.17) is 9.47 Å². The number of rotatable bonds is 7. The van der Waals surface area contributed by atoms with E-state index in [2.05, 4.69) is 36.2 Å². The van der Waals surface area contributed by atoms with E-state index >= 15 is 0 Å². The van der Waals surface area contributed by atoms with Gasteiger partial charge in [0.1, 0.15) is 0 Å². The van der Waals surface area contributed by atoms with E-state index in [1.54, 1.807) is 25.3 Å². The van der Waals surface area contributed by atoms with Crippen LogP contribution in [-0.4, -0.2) is 42.9 Å². The summed E-state index contributed by atoms with van der Waals surface area (Å²) in [6.45, 7) is 1.70. The topological polar surface area (TPSA) is 62.2 Å². The van der Waals surface area contributed by atoms with Crippen molar-refractivity contribution in [2.45, 2.75) is 13.0 Å². The fraction of sp³-hybridized carbons (Fsp3) is 0.231. The molecule has 0 radical (unpaired) electrons. The van der Waals surface area contributed by atoms with Gasteiger partial charge in [0.25, 0.3) is 0 Å². The molecule has 0 amide bonds. The Bertz CT molecular complexity index is 1220. The van der Waals surface area contributed by atoms with Crippen molar-refractivity contribution in [1.82, 2.24) is 4.90 Å². The summed E-state index contributed by atoms with van der Waals surface area (Å²) in [5, 5.41) is 24.4. The lowest BCUT2D eigenvalue weighted by Gasteiger charge is -2.19. The molecule has 0 fully saturated rings. The molecule has 0 aliphatic carbocycles. The summed E-state index contributed by atoms with van der Waals surface area (Å²) in [4.78, 5) is 2.27. The first-order chi connectivity index (χ1) is 15.0. The van der Waals surface area contributed by atoms with Gasteiger partial charge in [-0.15, -0.1) is 0 Å². The van der Waals surface area contributed by atoms with Gasteiger partial charge in [-0.2, -0.15) is 0 Å². The van der Waals surface area contributed by atoms with Gasteiger partial charge in [0.15, 0.2) is 23.0 Å². The van der Waals surface area contributed by atoms with Crippen LogP contribution >= 0.6 is 0 Å². The van der Waals surface area contributed by atoms with Crippen LogP contribution < -0.4 is 9.47 Å². The third-order valence-corrected chi connectivity index (χ3v) is 5.70. The van der Waals surface area contributed by atoms with Gasteiger partial charge in [0.05, 0.1) is 14.2 Å². The summed E-state index contributed by atoms with van der Waals surface area (Å²) in [5.74, 6) is 0.996. The summed E-state index contributed by atoms with van der Waals surface area (Å²) in [6, 6.07) is 19.6. The normalized spacial score (nSPS) is 11.4. The molecule has 0 saturated carbocycles. The molecule has 0 heterocycles. The lowest BCUT2D eigenvalue weighted by molar-refractivity contribution is 0.331. The number of phenols is 2. The van der Waals surface area contributed by atoms with Crippen LogP contribution in [0.1, 0.15) is 11.1 Å². The number of likely N-dealkylation sites (N-methyl/N-ethyl adjacent to an activating group) is 1. The Kier molecular flexibility index (Phi) is 5.87. The lowest BCUT2D eigenvalue weighted by Crippen LogP contribution is -2.20. The monoisotopic (exact) mass is 417 g/mol.